The van der Waals surface area contributed by atoms with E-state index in [0.717, 1.165) is 0 Å². The van der Waals surface area contributed by atoms with Gasteiger partial charge in [0.2, 0.25) is 5.91 Å². The molecule has 3 N–H and O–H groups in total. The van der Waals surface area contributed by atoms with Crippen LogP contribution in [0.3, 0.4) is 0 Å². The maximum Gasteiger partial charge on any atom is 0.264 e. The first-order valence-corrected chi connectivity index (χ1v) is 19.1. The summed E-state index contributed by atoms with van der Waals surface area (Å²) in [4.78, 5) is 14.1. The van der Waals surface area contributed by atoms with Gasteiger partial charge < -0.3 is 10.2 Å². The highest BCUT2D eigenvalue weighted by Gasteiger charge is 2.29. The molecule has 268 valence electrons. The first-order chi connectivity index (χ1) is 23.2. The molecule has 1 amide bonds. The number of anilines is 2. The summed E-state index contributed by atoms with van der Waals surface area (Å²) in [5.74, 6) is -1.31. The molecule has 0 bridgehead atoms. The number of unbranched alkanes of at least 4 members (excludes halogenated alkanes) is 2. The van der Waals surface area contributed by atoms with E-state index in [0.29, 0.717) is 37.3 Å². The highest BCUT2D eigenvalue weighted by Crippen LogP contribution is 2.39. The lowest BCUT2D eigenvalue weighted by atomic mass is 9.90. The summed E-state index contributed by atoms with van der Waals surface area (Å²) >= 11 is 13.1. The van der Waals surface area contributed by atoms with Gasteiger partial charge in [-0.1, -0.05) is 44.0 Å². The number of nitrogens with one attached hydrogen (secondary N) is 1. The average Bonchev–Trinajstić information content (AvgIpc) is 3.36. The van der Waals surface area contributed by atoms with Crippen molar-refractivity contribution in [1.82, 2.24) is 9.78 Å². The zero-order valence-corrected chi connectivity index (χ0v) is 30.8. The average molecular weight is 768 g/mol. The molecule has 19 heteroatoms. The van der Waals surface area contributed by atoms with Crippen LogP contribution < -0.4 is 10.2 Å². The van der Waals surface area contributed by atoms with E-state index in [1.54, 1.807) is 18.2 Å². The number of aromatic nitrogens is 2. The summed E-state index contributed by atoms with van der Waals surface area (Å²) in [5, 5.41) is 35.8. The smallest absolute Gasteiger partial charge is 0.264 e. The maximum absolute atomic E-state index is 12.2. The summed E-state index contributed by atoms with van der Waals surface area (Å²) in [5.41, 5.74) is 1.22. The summed E-state index contributed by atoms with van der Waals surface area (Å²) < 4.78 is 64.3. The molecule has 0 unspecified atom stereocenters. The number of nitrogens with zero attached hydrogens (tertiary/aromatic N) is 7. The molecule has 0 saturated carbocycles. The standard InChI is InChI=1S/C31H36Cl2N8O7S2/c1-20(42)36-27-17-22(40(11-5-7-13-49(43,44)45)12-6-8-14-50(46,47)48)9-10-26(27)37-38-30-23(19-35)29(31(2,3)4)39-41(30)28-24(32)15-21(18-34)16-25(28)33/h9-10,15-17H,5-8,11-14H2,1-4H3,(H,36,42)(H,43,44,45)(H,46,47,48). The van der Waals surface area contributed by atoms with Crippen molar-refractivity contribution < 1.29 is 30.7 Å². The molecule has 0 aliphatic rings. The number of carbonyl (C=O) groups is 1. The van der Waals surface area contributed by atoms with Gasteiger partial charge in [0, 0.05) is 31.1 Å². The van der Waals surface area contributed by atoms with Gasteiger partial charge in [-0.15, -0.1) is 10.2 Å². The van der Waals surface area contributed by atoms with Gasteiger partial charge in [-0.05, 0) is 56.0 Å². The van der Waals surface area contributed by atoms with Crippen molar-refractivity contribution in [3.05, 3.63) is 57.2 Å². The monoisotopic (exact) mass is 766 g/mol. The largest absolute Gasteiger partial charge is 0.371 e. The van der Waals surface area contributed by atoms with Gasteiger partial charge in [0.25, 0.3) is 20.2 Å². The van der Waals surface area contributed by atoms with Crippen molar-refractivity contribution in [2.24, 2.45) is 10.2 Å². The number of carbonyl (C=O) groups excluding carboxylic acids is 1. The molecule has 0 fully saturated rings. The fourth-order valence-corrected chi connectivity index (χ4v) is 6.65. The van der Waals surface area contributed by atoms with E-state index >= 15 is 0 Å². The third-order valence-corrected chi connectivity index (χ3v) is 9.30. The lowest BCUT2D eigenvalue weighted by Crippen LogP contribution is -2.26. The van der Waals surface area contributed by atoms with Gasteiger partial charge in [-0.25, -0.2) is 4.68 Å². The van der Waals surface area contributed by atoms with Gasteiger partial charge in [0.15, 0.2) is 5.82 Å². The number of rotatable bonds is 15. The Labute approximate surface area is 301 Å². The molecule has 3 rings (SSSR count). The van der Waals surface area contributed by atoms with Crippen LogP contribution in [0.15, 0.2) is 40.6 Å². The normalized spacial score (nSPS) is 12.1. The van der Waals surface area contributed by atoms with Gasteiger partial charge in [-0.3, -0.25) is 13.9 Å². The van der Waals surface area contributed by atoms with E-state index in [1.165, 1.54) is 23.7 Å². The number of benzene rings is 2. The van der Waals surface area contributed by atoms with Crippen LogP contribution in [0, 0.1) is 22.7 Å². The first kappa shape index (κ1) is 40.3. The molecule has 1 heterocycles. The summed E-state index contributed by atoms with van der Waals surface area (Å²) in [6.45, 7) is 7.49. The van der Waals surface area contributed by atoms with Crippen molar-refractivity contribution in [3.8, 4) is 17.8 Å². The Morgan fingerprint density at radius 1 is 0.940 bits per heavy atom. The van der Waals surface area contributed by atoms with Crippen LogP contribution in [0.5, 0.6) is 0 Å². The number of hydrogen-bond donors (Lipinski definition) is 3. The second-order valence-electron chi connectivity index (χ2n) is 12.3. The zero-order valence-electron chi connectivity index (χ0n) is 27.7. The van der Waals surface area contributed by atoms with Crippen molar-refractivity contribution >= 4 is 72.2 Å². The SMILES string of the molecule is CC(=O)Nc1cc(N(CCCCS(=O)(=O)O)CCCCS(=O)(=O)O)ccc1N=Nc1c(C#N)c(C(C)(C)C)nn1-c1c(Cl)cc(C#N)cc1Cl. The highest BCUT2D eigenvalue weighted by atomic mass is 35.5. The molecule has 0 atom stereocenters. The molecule has 2 aromatic carbocycles. The summed E-state index contributed by atoms with van der Waals surface area (Å²) in [7, 11) is -8.31. The number of amides is 1. The van der Waals surface area contributed by atoms with Crippen LogP contribution in [0.2, 0.25) is 10.0 Å². The Morgan fingerprint density at radius 3 is 1.96 bits per heavy atom. The molecule has 3 aromatic rings. The number of azo groups is 1. The van der Waals surface area contributed by atoms with Crippen molar-refractivity contribution in [1.29, 1.82) is 10.5 Å². The topological polar surface area (TPSA) is 231 Å². The van der Waals surface area contributed by atoms with Crippen molar-refractivity contribution in [3.63, 3.8) is 0 Å². The third-order valence-electron chi connectivity index (χ3n) is 7.11. The Bertz CT molecular complexity index is 2020. The van der Waals surface area contributed by atoms with Crippen LogP contribution in [0.4, 0.5) is 22.9 Å². The predicted octanol–water partition coefficient (Wildman–Crippen LogP) is 6.74. The second-order valence-corrected chi connectivity index (χ2v) is 16.2. The van der Waals surface area contributed by atoms with E-state index in [4.69, 9.17) is 32.3 Å². The van der Waals surface area contributed by atoms with E-state index in [2.05, 4.69) is 26.7 Å². The Hall–Kier alpha value is -4.10. The quantitative estimate of drug-likeness (QED) is 0.0833. The van der Waals surface area contributed by atoms with Crippen LogP contribution in [0.25, 0.3) is 5.69 Å². The van der Waals surface area contributed by atoms with E-state index in [-0.39, 0.29) is 56.9 Å². The zero-order chi connectivity index (χ0) is 37.4. The molecule has 1 aromatic heterocycles. The van der Waals surface area contributed by atoms with E-state index < -0.39 is 43.1 Å². The second kappa shape index (κ2) is 16.7. The van der Waals surface area contributed by atoms with E-state index in [1.807, 2.05) is 31.7 Å². The molecule has 0 aliphatic carbocycles. The minimum absolute atomic E-state index is 0.0110. The molecule has 0 aliphatic heterocycles. The van der Waals surface area contributed by atoms with E-state index in [9.17, 15) is 32.2 Å². The summed E-state index contributed by atoms with van der Waals surface area (Å²) in [6.07, 6.45) is 1.02. The molecule has 50 heavy (non-hydrogen) atoms. The third kappa shape index (κ3) is 11.5. The highest BCUT2D eigenvalue weighted by molar-refractivity contribution is 7.86. The van der Waals surface area contributed by atoms with Crippen LogP contribution >= 0.6 is 23.2 Å². The molecule has 0 radical (unpaired) electrons. The Kier molecular flexibility index (Phi) is 13.5. The number of nitriles is 2. The predicted molar refractivity (Wildman–Crippen MR) is 190 cm³/mol. The van der Waals surface area contributed by atoms with Crippen molar-refractivity contribution in [2.45, 2.75) is 58.8 Å². The first-order valence-electron chi connectivity index (χ1n) is 15.2. The van der Waals surface area contributed by atoms with Crippen LogP contribution in [-0.4, -0.2) is 66.2 Å². The lowest BCUT2D eigenvalue weighted by Gasteiger charge is -2.26. The minimum atomic E-state index is -4.16. The number of hydrogen-bond acceptors (Lipinski definition) is 11. The van der Waals surface area contributed by atoms with Gasteiger partial charge >= 0.3 is 0 Å². The molecular formula is C31H36Cl2N8O7S2. The van der Waals surface area contributed by atoms with Crippen LogP contribution in [-0.2, 0) is 30.4 Å². The van der Waals surface area contributed by atoms with Gasteiger partial charge in [0.05, 0.1) is 44.6 Å². The van der Waals surface area contributed by atoms with Crippen molar-refractivity contribution in [2.75, 3.05) is 34.8 Å². The fraction of sp³-hybridized carbons (Fsp3) is 0.419. The Morgan fingerprint density at radius 2 is 1.50 bits per heavy atom. The molecule has 0 spiro atoms. The van der Waals surface area contributed by atoms with Gasteiger partial charge in [0.1, 0.15) is 23.0 Å². The summed E-state index contributed by atoms with van der Waals surface area (Å²) in [6, 6.07) is 11.8. The molecule has 15 nitrogen and oxygen atoms in total. The Balaban J connectivity index is 2.11. The fourth-order valence-electron chi connectivity index (χ4n) is 4.86. The number of halogens is 2. The maximum atomic E-state index is 12.2. The minimum Gasteiger partial charge on any atom is -0.371 e. The lowest BCUT2D eigenvalue weighted by molar-refractivity contribution is -0.114. The molecule has 0 saturated heterocycles. The van der Waals surface area contributed by atoms with Crippen LogP contribution in [0.1, 0.15) is 70.2 Å². The molecular weight excluding hydrogens is 731 g/mol. The van der Waals surface area contributed by atoms with Gasteiger partial charge in [-0.2, -0.15) is 32.5 Å².